The van der Waals surface area contributed by atoms with Gasteiger partial charge in [-0.2, -0.15) is 5.26 Å². The van der Waals surface area contributed by atoms with Gasteiger partial charge < -0.3 is 9.47 Å². The third-order valence-electron chi connectivity index (χ3n) is 6.70. The first-order chi connectivity index (χ1) is 15.3. The Hall–Kier alpha value is -3.24. The molecule has 7 heteroatoms. The molecular weight excluding hydrogens is 405 g/mol. The fourth-order valence-electron chi connectivity index (χ4n) is 4.76. The van der Waals surface area contributed by atoms with Gasteiger partial charge in [0.05, 0.1) is 11.2 Å². The van der Waals surface area contributed by atoms with Crippen molar-refractivity contribution in [2.75, 3.05) is 18.0 Å². The number of aryl methyl sites for hydroxylation is 1. The molecule has 0 aliphatic carbocycles. The molecule has 0 spiro atoms. The molecule has 4 rings (SSSR count). The molecule has 0 amide bonds. The molecule has 1 unspecified atom stereocenters. The fourth-order valence-corrected chi connectivity index (χ4v) is 4.76. The van der Waals surface area contributed by atoms with Crippen LogP contribution in [0.4, 0.5) is 10.1 Å². The number of anilines is 1. The average Bonchev–Trinajstić information content (AvgIpc) is 2.81. The maximum atomic E-state index is 13.4. The Morgan fingerprint density at radius 2 is 1.94 bits per heavy atom. The summed E-state index contributed by atoms with van der Waals surface area (Å²) in [7, 11) is 1.72. The van der Waals surface area contributed by atoms with Crippen LogP contribution < -0.4 is 10.5 Å². The first-order valence-electron chi connectivity index (χ1n) is 11.0. The van der Waals surface area contributed by atoms with E-state index in [2.05, 4.69) is 41.6 Å². The first-order valence-corrected chi connectivity index (χ1v) is 11.0. The summed E-state index contributed by atoms with van der Waals surface area (Å²) in [6.07, 6.45) is 0.939. The smallest absolute Gasteiger partial charge is 0.252 e. The van der Waals surface area contributed by atoms with Gasteiger partial charge in [-0.25, -0.2) is 9.37 Å². The number of hydrogen-bond donors (Lipinski definition) is 0. The second-order valence-corrected chi connectivity index (χ2v) is 8.59. The lowest BCUT2D eigenvalue weighted by Crippen LogP contribution is -2.58. The van der Waals surface area contributed by atoms with E-state index in [4.69, 9.17) is 0 Å². The van der Waals surface area contributed by atoms with Crippen molar-refractivity contribution in [2.45, 2.75) is 45.3 Å². The second kappa shape index (κ2) is 8.71. The molecule has 166 valence electrons. The third-order valence-corrected chi connectivity index (χ3v) is 6.70. The van der Waals surface area contributed by atoms with Gasteiger partial charge in [0.25, 0.3) is 5.56 Å². The Bertz CT molecular complexity index is 1230. The zero-order chi connectivity index (χ0) is 23.0. The molecule has 1 aromatic carbocycles. The van der Waals surface area contributed by atoms with Crippen molar-refractivity contribution in [3.8, 4) is 6.07 Å². The van der Waals surface area contributed by atoms with Crippen molar-refractivity contribution in [3.05, 3.63) is 69.9 Å². The summed E-state index contributed by atoms with van der Waals surface area (Å²) in [5.41, 5.74) is 3.49. The predicted octanol–water partition coefficient (Wildman–Crippen LogP) is 3.99. The number of fused-ring (bicyclic) bond motifs is 1. The van der Waals surface area contributed by atoms with Crippen LogP contribution in [-0.2, 0) is 7.05 Å². The number of rotatable bonds is 4. The van der Waals surface area contributed by atoms with E-state index in [-0.39, 0.29) is 29.5 Å². The SMILES string of the molecule is CC[C@@H]1CN(c2cc(=O)n(C)c3ccc(C#N)nc23)[C@@H](C)CN1C(C)c1ccc(F)cc1. The number of halogens is 1. The van der Waals surface area contributed by atoms with E-state index in [9.17, 15) is 14.4 Å². The summed E-state index contributed by atoms with van der Waals surface area (Å²) in [4.78, 5) is 22.0. The van der Waals surface area contributed by atoms with Crippen molar-refractivity contribution in [1.29, 1.82) is 5.26 Å². The minimum absolute atomic E-state index is 0.0960. The Morgan fingerprint density at radius 3 is 2.59 bits per heavy atom. The quantitative estimate of drug-likeness (QED) is 0.622. The summed E-state index contributed by atoms with van der Waals surface area (Å²) < 4.78 is 15.0. The maximum Gasteiger partial charge on any atom is 0.252 e. The van der Waals surface area contributed by atoms with E-state index in [1.807, 2.05) is 12.1 Å². The molecule has 0 N–H and O–H groups in total. The Morgan fingerprint density at radius 1 is 1.22 bits per heavy atom. The standard InChI is InChI=1S/C25H28FN5O/c1-5-21-15-30(16(2)14-31(21)17(3)18-6-8-19(26)9-7-18)23-12-24(32)29(4)22-11-10-20(13-27)28-25(22)23/h6-12,16-17,21H,5,14-15H2,1-4H3/t16-,17?,21+/m0/s1. The number of nitriles is 1. The number of benzene rings is 1. The number of pyridine rings is 2. The lowest BCUT2D eigenvalue weighted by atomic mass is 9.98. The van der Waals surface area contributed by atoms with E-state index in [0.29, 0.717) is 16.7 Å². The van der Waals surface area contributed by atoms with Crippen LogP contribution in [-0.4, -0.2) is 39.6 Å². The molecule has 32 heavy (non-hydrogen) atoms. The second-order valence-electron chi connectivity index (χ2n) is 8.59. The van der Waals surface area contributed by atoms with Crippen molar-refractivity contribution in [1.82, 2.24) is 14.5 Å². The van der Waals surface area contributed by atoms with Crippen molar-refractivity contribution >= 4 is 16.7 Å². The zero-order valence-electron chi connectivity index (χ0n) is 18.9. The van der Waals surface area contributed by atoms with Gasteiger partial charge in [-0.15, -0.1) is 0 Å². The van der Waals surface area contributed by atoms with Gasteiger partial charge in [0.15, 0.2) is 0 Å². The molecule has 3 heterocycles. The van der Waals surface area contributed by atoms with Crippen LogP contribution in [0, 0.1) is 17.1 Å². The minimum atomic E-state index is -0.229. The number of piperazine rings is 1. The lowest BCUT2D eigenvalue weighted by Gasteiger charge is -2.48. The molecule has 1 fully saturated rings. The minimum Gasteiger partial charge on any atom is -0.364 e. The molecule has 1 aliphatic heterocycles. The van der Waals surface area contributed by atoms with Crippen molar-refractivity contribution in [2.24, 2.45) is 7.05 Å². The molecule has 0 bridgehead atoms. The highest BCUT2D eigenvalue weighted by Gasteiger charge is 2.35. The van der Waals surface area contributed by atoms with Crippen LogP contribution >= 0.6 is 0 Å². The molecule has 6 nitrogen and oxygen atoms in total. The summed E-state index contributed by atoms with van der Waals surface area (Å²) in [5, 5.41) is 9.35. The van der Waals surface area contributed by atoms with Crippen LogP contribution in [0.15, 0.2) is 47.3 Å². The average molecular weight is 434 g/mol. The van der Waals surface area contributed by atoms with E-state index in [1.54, 1.807) is 29.8 Å². The van der Waals surface area contributed by atoms with Crippen molar-refractivity contribution < 1.29 is 4.39 Å². The number of nitrogens with zero attached hydrogens (tertiary/aromatic N) is 5. The van der Waals surface area contributed by atoms with Crippen molar-refractivity contribution in [3.63, 3.8) is 0 Å². The van der Waals surface area contributed by atoms with Gasteiger partial charge in [-0.05, 0) is 50.1 Å². The van der Waals surface area contributed by atoms with Gasteiger partial charge in [0.1, 0.15) is 23.1 Å². The molecular formula is C25H28FN5O. The van der Waals surface area contributed by atoms with Crippen LogP contribution in [0.5, 0.6) is 0 Å². The maximum absolute atomic E-state index is 13.4. The molecule has 1 aliphatic rings. The fraction of sp³-hybridized carbons (Fsp3) is 0.400. The van der Waals surface area contributed by atoms with E-state index in [0.717, 1.165) is 30.8 Å². The zero-order valence-corrected chi connectivity index (χ0v) is 18.9. The lowest BCUT2D eigenvalue weighted by molar-refractivity contribution is 0.106. The largest absolute Gasteiger partial charge is 0.364 e. The predicted molar refractivity (Wildman–Crippen MR) is 124 cm³/mol. The monoisotopic (exact) mass is 433 g/mol. The van der Waals surface area contributed by atoms with Crippen LogP contribution in [0.3, 0.4) is 0 Å². The Balaban J connectivity index is 1.72. The molecule has 3 aromatic rings. The first kappa shape index (κ1) is 22.0. The van der Waals surface area contributed by atoms with Crippen LogP contribution in [0.2, 0.25) is 0 Å². The normalized spacial score (nSPS) is 20.3. The van der Waals surface area contributed by atoms with Gasteiger partial charge in [-0.1, -0.05) is 19.1 Å². The number of hydrogen-bond acceptors (Lipinski definition) is 5. The topological polar surface area (TPSA) is 65.2 Å². The summed E-state index contributed by atoms with van der Waals surface area (Å²) in [6, 6.07) is 14.4. The van der Waals surface area contributed by atoms with Gasteiger partial charge in [0.2, 0.25) is 0 Å². The highest BCUT2D eigenvalue weighted by atomic mass is 19.1. The molecule has 1 saturated heterocycles. The summed E-state index contributed by atoms with van der Waals surface area (Å²) in [6.45, 7) is 8.01. The molecule has 2 aromatic heterocycles. The molecule has 3 atom stereocenters. The molecule has 0 saturated carbocycles. The number of aromatic nitrogens is 2. The van der Waals surface area contributed by atoms with E-state index in [1.165, 1.54) is 12.1 Å². The third kappa shape index (κ3) is 3.87. The Labute approximate surface area is 187 Å². The summed E-state index contributed by atoms with van der Waals surface area (Å²) in [5.74, 6) is -0.229. The molecule has 0 radical (unpaired) electrons. The highest BCUT2D eigenvalue weighted by molar-refractivity contribution is 5.89. The van der Waals surface area contributed by atoms with E-state index < -0.39 is 0 Å². The van der Waals surface area contributed by atoms with Crippen LogP contribution in [0.1, 0.15) is 44.5 Å². The Kier molecular flexibility index (Phi) is 5.98. The van der Waals surface area contributed by atoms with E-state index >= 15 is 0 Å². The summed E-state index contributed by atoms with van der Waals surface area (Å²) >= 11 is 0. The van der Waals surface area contributed by atoms with Gasteiger partial charge in [0, 0.05) is 44.3 Å². The van der Waals surface area contributed by atoms with Crippen LogP contribution in [0.25, 0.3) is 11.0 Å². The van der Waals surface area contributed by atoms with Gasteiger partial charge >= 0.3 is 0 Å². The van der Waals surface area contributed by atoms with Gasteiger partial charge in [-0.3, -0.25) is 9.69 Å². The highest BCUT2D eigenvalue weighted by Crippen LogP contribution is 2.33.